The van der Waals surface area contributed by atoms with Gasteiger partial charge in [0.1, 0.15) is 5.75 Å². The van der Waals surface area contributed by atoms with Gasteiger partial charge in [-0.05, 0) is 80.5 Å². The number of carbonyl (C=O) groups is 1. The van der Waals surface area contributed by atoms with Gasteiger partial charge in [-0.1, -0.05) is 39.0 Å². The highest BCUT2D eigenvalue weighted by Crippen LogP contribution is 2.46. The van der Waals surface area contributed by atoms with E-state index in [9.17, 15) is 4.79 Å². The van der Waals surface area contributed by atoms with Crippen molar-refractivity contribution in [3.8, 4) is 5.75 Å². The average molecular weight is 570 g/mol. The molecule has 3 heterocycles. The minimum absolute atomic E-state index is 0.0711. The predicted octanol–water partition coefficient (Wildman–Crippen LogP) is 6.88. The lowest BCUT2D eigenvalue weighted by atomic mass is 9.86. The summed E-state index contributed by atoms with van der Waals surface area (Å²) in [7, 11) is 3.75. The summed E-state index contributed by atoms with van der Waals surface area (Å²) in [5.74, 6) is 0.483. The Morgan fingerprint density at radius 1 is 1.12 bits per heavy atom. The van der Waals surface area contributed by atoms with Crippen LogP contribution in [0.25, 0.3) is 5.57 Å². The molecule has 2 atom stereocenters. The van der Waals surface area contributed by atoms with Crippen LogP contribution in [0.4, 0.5) is 17.1 Å². The van der Waals surface area contributed by atoms with Crippen LogP contribution in [-0.4, -0.2) is 35.7 Å². The molecule has 2 aliphatic rings. The molecule has 0 saturated carbocycles. The lowest BCUT2D eigenvalue weighted by molar-refractivity contribution is -0.123. The van der Waals surface area contributed by atoms with Gasteiger partial charge in [0.25, 0.3) is 0 Å². The molecule has 8 heteroatoms. The standard InChI is InChI=1S/C33H39N5O2S/c1-20-19-33(5,6)37(7)26-15-12-21(17-23(20)26)29-28(25-11-9-10-16-34-25)36-31(41)38(29)22-13-14-24(27(18-22)40-8)35-30(39)32(2,3)4/h9-19,28-29H,1-8H3,(H,35,39)(H,36,41)/t28-,29+/m1/s1. The number of likely N-dealkylation sites (N-methyl/N-ethyl adjacent to an activating group) is 1. The van der Waals surface area contributed by atoms with Crippen molar-refractivity contribution in [2.75, 3.05) is 29.3 Å². The van der Waals surface area contributed by atoms with E-state index in [4.69, 9.17) is 21.9 Å². The fraction of sp³-hybridized carbons (Fsp3) is 0.364. The van der Waals surface area contributed by atoms with E-state index in [-0.39, 0.29) is 23.5 Å². The molecule has 7 nitrogen and oxygen atoms in total. The molecule has 1 fully saturated rings. The number of hydrogen-bond donors (Lipinski definition) is 2. The summed E-state index contributed by atoms with van der Waals surface area (Å²) in [5.41, 5.74) is 6.56. The molecule has 2 aliphatic heterocycles. The van der Waals surface area contributed by atoms with Crippen molar-refractivity contribution in [1.82, 2.24) is 10.3 Å². The first-order valence-electron chi connectivity index (χ1n) is 13.9. The normalized spacial score (nSPS) is 19.8. The van der Waals surface area contributed by atoms with E-state index < -0.39 is 5.41 Å². The van der Waals surface area contributed by atoms with Crippen molar-refractivity contribution in [2.45, 2.75) is 59.2 Å². The molecular weight excluding hydrogens is 530 g/mol. The van der Waals surface area contributed by atoms with Gasteiger partial charge in [0.05, 0.1) is 36.1 Å². The van der Waals surface area contributed by atoms with Gasteiger partial charge < -0.3 is 25.2 Å². The molecule has 0 bridgehead atoms. The minimum atomic E-state index is -0.534. The largest absolute Gasteiger partial charge is 0.494 e. The van der Waals surface area contributed by atoms with Crippen LogP contribution in [0.3, 0.4) is 0 Å². The van der Waals surface area contributed by atoms with E-state index >= 15 is 0 Å². The Hall–Kier alpha value is -3.91. The van der Waals surface area contributed by atoms with Crippen LogP contribution in [-0.2, 0) is 4.79 Å². The number of thiocarbonyl (C=S) groups is 1. The van der Waals surface area contributed by atoms with Gasteiger partial charge in [0, 0.05) is 41.7 Å². The second-order valence-electron chi connectivity index (χ2n) is 12.4. The highest BCUT2D eigenvalue weighted by atomic mass is 32.1. The van der Waals surface area contributed by atoms with Gasteiger partial charge >= 0.3 is 0 Å². The molecule has 0 spiro atoms. The predicted molar refractivity (Wildman–Crippen MR) is 172 cm³/mol. The van der Waals surface area contributed by atoms with Crippen molar-refractivity contribution in [3.63, 3.8) is 0 Å². The number of nitrogens with zero attached hydrogens (tertiary/aromatic N) is 3. The van der Waals surface area contributed by atoms with Crippen LogP contribution in [0.5, 0.6) is 5.75 Å². The van der Waals surface area contributed by atoms with Crippen LogP contribution >= 0.6 is 12.2 Å². The molecule has 2 aromatic carbocycles. The van der Waals surface area contributed by atoms with Crippen LogP contribution in [0.15, 0.2) is 66.9 Å². The molecule has 2 N–H and O–H groups in total. The molecule has 0 aliphatic carbocycles. The number of benzene rings is 2. The topological polar surface area (TPSA) is 69.7 Å². The number of ether oxygens (including phenoxy) is 1. The first-order valence-corrected chi connectivity index (χ1v) is 14.3. The van der Waals surface area contributed by atoms with Crippen LogP contribution in [0.2, 0.25) is 0 Å². The third-order valence-electron chi connectivity index (χ3n) is 8.07. The number of amides is 1. The number of aromatic nitrogens is 1. The lowest BCUT2D eigenvalue weighted by Crippen LogP contribution is -2.42. The molecule has 5 rings (SSSR count). The Balaban J connectivity index is 1.61. The smallest absolute Gasteiger partial charge is 0.229 e. The average Bonchev–Trinajstić information content (AvgIpc) is 3.28. The Kier molecular flexibility index (Phi) is 7.32. The molecule has 1 aromatic heterocycles. The summed E-state index contributed by atoms with van der Waals surface area (Å²) in [6.07, 6.45) is 4.13. The second-order valence-corrected chi connectivity index (χ2v) is 12.8. The van der Waals surface area contributed by atoms with Gasteiger partial charge in [0.2, 0.25) is 5.91 Å². The van der Waals surface area contributed by atoms with E-state index in [0.29, 0.717) is 16.5 Å². The van der Waals surface area contributed by atoms with Crippen molar-refractivity contribution < 1.29 is 9.53 Å². The Morgan fingerprint density at radius 3 is 2.54 bits per heavy atom. The maximum Gasteiger partial charge on any atom is 0.229 e. The van der Waals surface area contributed by atoms with E-state index in [1.165, 1.54) is 16.8 Å². The Labute approximate surface area is 248 Å². The first kappa shape index (κ1) is 28.6. The summed E-state index contributed by atoms with van der Waals surface area (Å²) < 4.78 is 5.74. The van der Waals surface area contributed by atoms with Crippen LogP contribution in [0, 0.1) is 5.41 Å². The number of carbonyl (C=O) groups excluding carboxylic acids is 1. The lowest BCUT2D eigenvalue weighted by Gasteiger charge is -2.41. The fourth-order valence-corrected chi connectivity index (χ4v) is 5.92. The molecular formula is C33H39N5O2S. The Morgan fingerprint density at radius 2 is 1.88 bits per heavy atom. The summed E-state index contributed by atoms with van der Waals surface area (Å²) in [6, 6.07) is 18.1. The van der Waals surface area contributed by atoms with E-state index in [1.807, 2.05) is 63.4 Å². The number of nitrogens with one attached hydrogen (secondary N) is 2. The minimum Gasteiger partial charge on any atom is -0.494 e. The van der Waals surface area contributed by atoms with E-state index in [2.05, 4.69) is 72.5 Å². The summed E-state index contributed by atoms with van der Waals surface area (Å²) in [6.45, 7) is 12.3. The van der Waals surface area contributed by atoms with Crippen LogP contribution < -0.4 is 25.2 Å². The van der Waals surface area contributed by atoms with Gasteiger partial charge in [-0.25, -0.2) is 0 Å². The van der Waals surface area contributed by atoms with Crippen molar-refractivity contribution in [3.05, 3.63) is 83.7 Å². The number of rotatable bonds is 5. The number of anilines is 3. The summed E-state index contributed by atoms with van der Waals surface area (Å²) >= 11 is 5.96. The zero-order valence-electron chi connectivity index (χ0n) is 25.1. The molecule has 41 heavy (non-hydrogen) atoms. The second kappa shape index (κ2) is 10.5. The zero-order valence-corrected chi connectivity index (χ0v) is 25.9. The highest BCUT2D eigenvalue weighted by Gasteiger charge is 2.41. The number of pyridine rings is 1. The maximum atomic E-state index is 12.7. The van der Waals surface area contributed by atoms with E-state index in [0.717, 1.165) is 16.9 Å². The molecule has 0 radical (unpaired) electrons. The summed E-state index contributed by atoms with van der Waals surface area (Å²) in [5, 5.41) is 7.15. The summed E-state index contributed by atoms with van der Waals surface area (Å²) in [4.78, 5) is 21.9. The molecule has 214 valence electrons. The number of fused-ring (bicyclic) bond motifs is 1. The van der Waals surface area contributed by atoms with E-state index in [1.54, 1.807) is 7.11 Å². The van der Waals surface area contributed by atoms with Gasteiger partial charge in [-0.2, -0.15) is 0 Å². The fourth-order valence-electron chi connectivity index (χ4n) is 5.58. The number of methoxy groups -OCH3 is 1. The Bertz CT molecular complexity index is 1530. The third-order valence-corrected chi connectivity index (χ3v) is 8.39. The number of allylic oxidation sites excluding steroid dienone is 1. The van der Waals surface area contributed by atoms with Gasteiger partial charge in [0.15, 0.2) is 5.11 Å². The monoisotopic (exact) mass is 569 g/mol. The van der Waals surface area contributed by atoms with Gasteiger partial charge in [-0.15, -0.1) is 0 Å². The zero-order chi connectivity index (χ0) is 29.7. The van der Waals surface area contributed by atoms with Crippen molar-refractivity contribution in [2.24, 2.45) is 5.41 Å². The third kappa shape index (κ3) is 5.28. The van der Waals surface area contributed by atoms with Crippen molar-refractivity contribution in [1.29, 1.82) is 0 Å². The molecule has 1 saturated heterocycles. The van der Waals surface area contributed by atoms with Crippen LogP contribution in [0.1, 0.15) is 70.4 Å². The highest BCUT2D eigenvalue weighted by molar-refractivity contribution is 7.80. The molecule has 0 unspecified atom stereocenters. The van der Waals surface area contributed by atoms with Crippen molar-refractivity contribution >= 4 is 45.9 Å². The maximum absolute atomic E-state index is 12.7. The number of hydrogen-bond acceptors (Lipinski definition) is 5. The first-order chi connectivity index (χ1) is 19.3. The molecule has 1 amide bonds. The molecule has 3 aromatic rings. The van der Waals surface area contributed by atoms with Gasteiger partial charge in [-0.3, -0.25) is 9.78 Å². The quantitative estimate of drug-likeness (QED) is 0.325. The SMILES string of the molecule is COc1cc(N2C(=S)N[C@H](c3ccccn3)[C@@H]2c2ccc3c(c2)C(C)=CC(C)(C)N3C)ccc1NC(=O)C(C)(C)C.